The smallest absolute Gasteiger partial charge is 0.0833 e. The lowest BCUT2D eigenvalue weighted by Gasteiger charge is -1.88. The van der Waals surface area contributed by atoms with Gasteiger partial charge in [-0.05, 0) is 13.0 Å². The Morgan fingerprint density at radius 1 is 1.33 bits per heavy atom. The highest BCUT2D eigenvalue weighted by atomic mass is 15.1. The zero-order valence-corrected chi connectivity index (χ0v) is 7.63. The molecule has 0 aliphatic carbocycles. The number of hydrogen-bond donors (Lipinski definition) is 1. The standard InChI is InChI=1S/C7H7N3.C2H6.H2/c1-5-2-6-3-9-10-7(6)4-8-5;1-2;/h2-4H,1H3,(H,9,10);1-2H3;1H. The number of H-pyrrole nitrogens is 1. The van der Waals surface area contributed by atoms with E-state index in [1.165, 1.54) is 0 Å². The zero-order valence-electron chi connectivity index (χ0n) is 7.63. The summed E-state index contributed by atoms with van der Waals surface area (Å²) in [5.74, 6) is 0. The maximum Gasteiger partial charge on any atom is 0.0833 e. The third kappa shape index (κ3) is 1.61. The molecular weight excluding hydrogens is 150 g/mol. The van der Waals surface area contributed by atoms with E-state index in [2.05, 4.69) is 15.2 Å². The van der Waals surface area contributed by atoms with Crippen LogP contribution >= 0.6 is 0 Å². The lowest BCUT2D eigenvalue weighted by Crippen LogP contribution is -1.77. The second-order valence-electron chi connectivity index (χ2n) is 2.28. The maximum absolute atomic E-state index is 4.11. The van der Waals surface area contributed by atoms with Crippen LogP contribution in [-0.4, -0.2) is 15.2 Å². The van der Waals surface area contributed by atoms with E-state index in [1.54, 1.807) is 12.4 Å². The Labute approximate surface area is 73.3 Å². The lowest BCUT2D eigenvalue weighted by atomic mass is 10.3. The molecule has 0 radical (unpaired) electrons. The number of pyridine rings is 1. The van der Waals surface area contributed by atoms with Crippen molar-refractivity contribution in [1.29, 1.82) is 0 Å². The van der Waals surface area contributed by atoms with Crippen LogP contribution in [0.3, 0.4) is 0 Å². The normalized spacial score (nSPS) is 9.25. The Morgan fingerprint density at radius 2 is 2.08 bits per heavy atom. The SMILES string of the molecule is CC.Cc1cc2cn[nH]c2cn1.[HH]. The highest BCUT2D eigenvalue weighted by Crippen LogP contribution is 2.08. The summed E-state index contributed by atoms with van der Waals surface area (Å²) in [5, 5.41) is 7.83. The number of aryl methyl sites for hydroxylation is 1. The molecule has 0 fully saturated rings. The number of rotatable bonds is 0. The molecule has 12 heavy (non-hydrogen) atoms. The zero-order chi connectivity index (χ0) is 8.97. The van der Waals surface area contributed by atoms with Gasteiger partial charge >= 0.3 is 0 Å². The molecule has 0 unspecified atom stereocenters. The van der Waals surface area contributed by atoms with Crippen LogP contribution in [-0.2, 0) is 0 Å². The van der Waals surface area contributed by atoms with Gasteiger partial charge in [-0.15, -0.1) is 0 Å². The second-order valence-corrected chi connectivity index (χ2v) is 2.28. The van der Waals surface area contributed by atoms with E-state index in [0.717, 1.165) is 16.6 Å². The number of aromatic nitrogens is 3. The van der Waals surface area contributed by atoms with Gasteiger partial charge in [0.15, 0.2) is 0 Å². The molecule has 3 heteroatoms. The molecule has 0 amide bonds. The summed E-state index contributed by atoms with van der Waals surface area (Å²) in [4.78, 5) is 4.11. The van der Waals surface area contributed by atoms with Crippen LogP contribution in [0.2, 0.25) is 0 Å². The Morgan fingerprint density at radius 3 is 2.83 bits per heavy atom. The molecule has 0 saturated carbocycles. The largest absolute Gasteiger partial charge is 0.276 e. The number of aromatic amines is 1. The predicted molar refractivity (Wildman–Crippen MR) is 52.1 cm³/mol. The van der Waals surface area contributed by atoms with Crippen molar-refractivity contribution in [2.45, 2.75) is 20.8 Å². The summed E-state index contributed by atoms with van der Waals surface area (Å²) in [6.45, 7) is 5.96. The number of hydrogen-bond acceptors (Lipinski definition) is 2. The van der Waals surface area contributed by atoms with Gasteiger partial charge in [-0.25, -0.2) is 0 Å². The average molecular weight is 165 g/mol. The first-order valence-electron chi connectivity index (χ1n) is 4.12. The minimum atomic E-state index is 0. The first kappa shape index (κ1) is 8.71. The fourth-order valence-corrected chi connectivity index (χ4v) is 0.953. The van der Waals surface area contributed by atoms with Crippen LogP contribution in [0.5, 0.6) is 0 Å². The molecule has 0 spiro atoms. The van der Waals surface area contributed by atoms with E-state index in [0.29, 0.717) is 0 Å². The number of nitrogens with zero attached hydrogens (tertiary/aromatic N) is 2. The van der Waals surface area contributed by atoms with E-state index in [1.807, 2.05) is 26.8 Å². The van der Waals surface area contributed by atoms with E-state index < -0.39 is 0 Å². The van der Waals surface area contributed by atoms with Gasteiger partial charge in [-0.1, -0.05) is 13.8 Å². The molecule has 2 rings (SSSR count). The van der Waals surface area contributed by atoms with Gasteiger partial charge in [-0.2, -0.15) is 5.10 Å². The molecule has 2 aromatic heterocycles. The third-order valence-electron chi connectivity index (χ3n) is 1.46. The summed E-state index contributed by atoms with van der Waals surface area (Å²) in [5.41, 5.74) is 2.01. The van der Waals surface area contributed by atoms with E-state index in [4.69, 9.17) is 0 Å². The molecule has 0 aromatic carbocycles. The van der Waals surface area contributed by atoms with Crippen molar-refractivity contribution in [3.63, 3.8) is 0 Å². The maximum atomic E-state index is 4.11. The van der Waals surface area contributed by atoms with Crippen molar-refractivity contribution in [3.8, 4) is 0 Å². The van der Waals surface area contributed by atoms with Gasteiger partial charge in [0.1, 0.15) is 0 Å². The topological polar surface area (TPSA) is 41.6 Å². The molecule has 0 aliphatic heterocycles. The highest BCUT2D eigenvalue weighted by Gasteiger charge is 1.93. The minimum absolute atomic E-state index is 0. The molecule has 0 saturated heterocycles. The van der Waals surface area contributed by atoms with E-state index >= 15 is 0 Å². The monoisotopic (exact) mass is 165 g/mol. The van der Waals surface area contributed by atoms with Gasteiger partial charge in [0, 0.05) is 12.5 Å². The Bertz CT molecular complexity index is 356. The first-order valence-corrected chi connectivity index (χ1v) is 4.12. The highest BCUT2D eigenvalue weighted by molar-refractivity contribution is 5.76. The average Bonchev–Trinajstić information content (AvgIpc) is 2.54. The summed E-state index contributed by atoms with van der Waals surface area (Å²) >= 11 is 0. The van der Waals surface area contributed by atoms with Crippen LogP contribution in [0.25, 0.3) is 10.9 Å². The molecular formula is C9H15N3. The summed E-state index contributed by atoms with van der Waals surface area (Å²) in [6.07, 6.45) is 3.58. The van der Waals surface area contributed by atoms with Crippen molar-refractivity contribution in [2.75, 3.05) is 0 Å². The fourth-order valence-electron chi connectivity index (χ4n) is 0.953. The van der Waals surface area contributed by atoms with E-state index in [-0.39, 0.29) is 1.43 Å². The van der Waals surface area contributed by atoms with Crippen molar-refractivity contribution in [3.05, 3.63) is 24.2 Å². The Balaban J connectivity index is 0.000000451. The third-order valence-corrected chi connectivity index (χ3v) is 1.46. The second kappa shape index (κ2) is 3.85. The van der Waals surface area contributed by atoms with E-state index in [9.17, 15) is 0 Å². The van der Waals surface area contributed by atoms with Crippen molar-refractivity contribution in [2.24, 2.45) is 0 Å². The first-order chi connectivity index (χ1) is 5.86. The van der Waals surface area contributed by atoms with Gasteiger partial charge in [-0.3, -0.25) is 10.1 Å². The molecule has 2 aromatic rings. The van der Waals surface area contributed by atoms with Crippen molar-refractivity contribution >= 4 is 10.9 Å². The summed E-state index contributed by atoms with van der Waals surface area (Å²) in [6, 6.07) is 2.00. The molecule has 66 valence electrons. The Hall–Kier alpha value is -1.38. The summed E-state index contributed by atoms with van der Waals surface area (Å²) < 4.78 is 0. The van der Waals surface area contributed by atoms with Crippen LogP contribution in [0, 0.1) is 6.92 Å². The van der Waals surface area contributed by atoms with Gasteiger partial charge in [0.25, 0.3) is 0 Å². The fraction of sp³-hybridized carbons (Fsp3) is 0.333. The molecule has 1 N–H and O–H groups in total. The predicted octanol–water partition coefficient (Wildman–Crippen LogP) is 2.54. The Kier molecular flexibility index (Phi) is 2.80. The van der Waals surface area contributed by atoms with Crippen LogP contribution < -0.4 is 0 Å². The van der Waals surface area contributed by atoms with Crippen LogP contribution in [0.4, 0.5) is 0 Å². The van der Waals surface area contributed by atoms with Crippen molar-refractivity contribution < 1.29 is 1.43 Å². The van der Waals surface area contributed by atoms with Crippen LogP contribution in [0.15, 0.2) is 18.5 Å². The quantitative estimate of drug-likeness (QED) is 0.651. The number of fused-ring (bicyclic) bond motifs is 1. The van der Waals surface area contributed by atoms with Gasteiger partial charge in [0.05, 0.1) is 17.9 Å². The number of nitrogens with one attached hydrogen (secondary N) is 1. The molecule has 0 atom stereocenters. The van der Waals surface area contributed by atoms with Gasteiger partial charge in [0.2, 0.25) is 0 Å². The lowest BCUT2D eigenvalue weighted by molar-refractivity contribution is 1.11. The molecule has 2 heterocycles. The molecule has 0 bridgehead atoms. The molecule has 3 nitrogen and oxygen atoms in total. The minimum Gasteiger partial charge on any atom is -0.276 e. The van der Waals surface area contributed by atoms with Gasteiger partial charge < -0.3 is 0 Å². The van der Waals surface area contributed by atoms with Crippen LogP contribution in [0.1, 0.15) is 21.0 Å². The molecule has 0 aliphatic rings. The van der Waals surface area contributed by atoms with Crippen molar-refractivity contribution in [1.82, 2.24) is 15.2 Å². The summed E-state index contributed by atoms with van der Waals surface area (Å²) in [7, 11) is 0.